The first-order valence-electron chi connectivity index (χ1n) is 6.00. The highest BCUT2D eigenvalue weighted by atomic mass is 19.1. The van der Waals surface area contributed by atoms with E-state index < -0.39 is 6.17 Å². The molecule has 2 unspecified atom stereocenters. The van der Waals surface area contributed by atoms with E-state index >= 15 is 0 Å². The van der Waals surface area contributed by atoms with Gasteiger partial charge in [0, 0.05) is 11.5 Å². The Hall–Kier alpha value is -0.890. The molecule has 1 aliphatic carbocycles. The smallest absolute Gasteiger partial charge is 0.104 e. The van der Waals surface area contributed by atoms with E-state index in [4.69, 9.17) is 5.73 Å². The number of benzene rings is 1. The summed E-state index contributed by atoms with van der Waals surface area (Å²) in [6.07, 6.45) is 2.03. The van der Waals surface area contributed by atoms with Crippen LogP contribution in [0, 0.1) is 6.92 Å². The summed E-state index contributed by atoms with van der Waals surface area (Å²) >= 11 is 0. The van der Waals surface area contributed by atoms with Gasteiger partial charge in [0.2, 0.25) is 0 Å². The number of hydrogen-bond acceptors (Lipinski definition) is 1. The molecule has 0 radical (unpaired) electrons. The molecule has 0 amide bonds. The van der Waals surface area contributed by atoms with Gasteiger partial charge >= 0.3 is 0 Å². The lowest BCUT2D eigenvalue weighted by Gasteiger charge is -2.22. The van der Waals surface area contributed by atoms with Gasteiger partial charge in [-0.25, -0.2) is 4.39 Å². The molecule has 0 aromatic heterocycles. The summed E-state index contributed by atoms with van der Waals surface area (Å²) in [6.45, 7) is 3.68. The second kappa shape index (κ2) is 4.17. The topological polar surface area (TPSA) is 26.0 Å². The lowest BCUT2D eigenvalue weighted by molar-refractivity contribution is 0.281. The Labute approximate surface area is 96.9 Å². The van der Waals surface area contributed by atoms with Gasteiger partial charge in [0.05, 0.1) is 0 Å². The van der Waals surface area contributed by atoms with Crippen LogP contribution >= 0.6 is 0 Å². The summed E-state index contributed by atoms with van der Waals surface area (Å²) in [6, 6.07) is 8.13. The van der Waals surface area contributed by atoms with Crippen LogP contribution in [0.1, 0.15) is 43.2 Å². The van der Waals surface area contributed by atoms with Gasteiger partial charge in [-0.3, -0.25) is 0 Å². The van der Waals surface area contributed by atoms with Gasteiger partial charge < -0.3 is 5.73 Å². The van der Waals surface area contributed by atoms with Crippen molar-refractivity contribution >= 4 is 0 Å². The molecule has 1 fully saturated rings. The van der Waals surface area contributed by atoms with Gasteiger partial charge in [0.1, 0.15) is 6.17 Å². The standard InChI is InChI=1S/C14H20FN/c1-10-4-3-5-12(8-10)13(11(2)15)9-14(16)6-7-14/h3-5,8,11,13H,6-7,9,16H2,1-2H3. The van der Waals surface area contributed by atoms with Gasteiger partial charge in [-0.05, 0) is 38.7 Å². The zero-order valence-corrected chi connectivity index (χ0v) is 10.0. The third kappa shape index (κ3) is 2.62. The van der Waals surface area contributed by atoms with Gasteiger partial charge in [-0.15, -0.1) is 0 Å². The van der Waals surface area contributed by atoms with Crippen molar-refractivity contribution in [1.82, 2.24) is 0 Å². The fraction of sp³-hybridized carbons (Fsp3) is 0.571. The minimum Gasteiger partial charge on any atom is -0.325 e. The van der Waals surface area contributed by atoms with E-state index in [1.807, 2.05) is 25.1 Å². The molecule has 2 N–H and O–H groups in total. The van der Waals surface area contributed by atoms with Crippen LogP contribution in [0.3, 0.4) is 0 Å². The van der Waals surface area contributed by atoms with Crippen LogP contribution in [-0.2, 0) is 0 Å². The summed E-state index contributed by atoms with van der Waals surface area (Å²) in [5, 5.41) is 0. The Kier molecular flexibility index (Phi) is 3.02. The highest BCUT2D eigenvalue weighted by Gasteiger charge is 2.41. The van der Waals surface area contributed by atoms with E-state index in [0.717, 1.165) is 24.8 Å². The minimum atomic E-state index is -0.831. The number of hydrogen-bond donors (Lipinski definition) is 1. The zero-order valence-electron chi connectivity index (χ0n) is 10.0. The van der Waals surface area contributed by atoms with Crippen LogP contribution in [0.15, 0.2) is 24.3 Å². The van der Waals surface area contributed by atoms with Crippen LogP contribution in [0.4, 0.5) is 4.39 Å². The summed E-state index contributed by atoms with van der Waals surface area (Å²) in [7, 11) is 0. The molecule has 0 bridgehead atoms. The number of halogens is 1. The molecule has 0 heterocycles. The summed E-state index contributed by atoms with van der Waals surface area (Å²) in [4.78, 5) is 0. The van der Waals surface area contributed by atoms with E-state index in [9.17, 15) is 4.39 Å². The maximum Gasteiger partial charge on any atom is 0.104 e. The van der Waals surface area contributed by atoms with E-state index in [1.54, 1.807) is 6.92 Å². The van der Waals surface area contributed by atoms with Crippen LogP contribution < -0.4 is 5.73 Å². The molecular weight excluding hydrogens is 201 g/mol. The Bertz CT molecular complexity index is 369. The van der Waals surface area contributed by atoms with Crippen molar-refractivity contribution in [2.45, 2.75) is 50.7 Å². The quantitative estimate of drug-likeness (QED) is 0.829. The van der Waals surface area contributed by atoms with Crippen molar-refractivity contribution in [3.05, 3.63) is 35.4 Å². The van der Waals surface area contributed by atoms with Crippen molar-refractivity contribution in [3.63, 3.8) is 0 Å². The molecule has 1 aliphatic rings. The second-order valence-corrected chi connectivity index (χ2v) is 5.26. The fourth-order valence-corrected chi connectivity index (χ4v) is 2.25. The number of aryl methyl sites for hydroxylation is 1. The summed E-state index contributed by atoms with van der Waals surface area (Å²) in [5.41, 5.74) is 8.28. The molecule has 88 valence electrons. The van der Waals surface area contributed by atoms with Crippen molar-refractivity contribution in [3.8, 4) is 0 Å². The molecular formula is C14H20FN. The van der Waals surface area contributed by atoms with E-state index in [1.165, 1.54) is 5.56 Å². The highest BCUT2D eigenvalue weighted by Crippen LogP contribution is 2.42. The SMILES string of the molecule is Cc1cccc(C(CC2(N)CC2)C(C)F)c1. The van der Waals surface area contributed by atoms with Crippen LogP contribution in [0.25, 0.3) is 0 Å². The molecule has 1 aromatic carbocycles. The van der Waals surface area contributed by atoms with E-state index in [-0.39, 0.29) is 11.5 Å². The number of rotatable bonds is 4. The molecule has 0 spiro atoms. The molecule has 2 atom stereocenters. The molecule has 1 nitrogen and oxygen atoms in total. The van der Waals surface area contributed by atoms with Crippen LogP contribution in [0.5, 0.6) is 0 Å². The van der Waals surface area contributed by atoms with Crippen LogP contribution in [-0.4, -0.2) is 11.7 Å². The Balaban J connectivity index is 2.18. The van der Waals surface area contributed by atoms with Crippen molar-refractivity contribution < 1.29 is 4.39 Å². The third-order valence-corrected chi connectivity index (χ3v) is 3.54. The predicted octanol–water partition coefficient (Wildman–Crippen LogP) is 3.32. The highest BCUT2D eigenvalue weighted by molar-refractivity contribution is 5.27. The Morgan fingerprint density at radius 2 is 2.12 bits per heavy atom. The van der Waals surface area contributed by atoms with E-state index in [2.05, 4.69) is 6.07 Å². The molecule has 16 heavy (non-hydrogen) atoms. The van der Waals surface area contributed by atoms with E-state index in [0.29, 0.717) is 0 Å². The van der Waals surface area contributed by atoms with Crippen molar-refractivity contribution in [1.29, 1.82) is 0 Å². The van der Waals surface area contributed by atoms with Gasteiger partial charge in [0.15, 0.2) is 0 Å². The Morgan fingerprint density at radius 1 is 1.44 bits per heavy atom. The summed E-state index contributed by atoms with van der Waals surface area (Å²) in [5.74, 6) is -0.0487. The van der Waals surface area contributed by atoms with Crippen molar-refractivity contribution in [2.24, 2.45) is 5.73 Å². The third-order valence-electron chi connectivity index (χ3n) is 3.54. The monoisotopic (exact) mass is 221 g/mol. The molecule has 2 heteroatoms. The molecule has 0 saturated heterocycles. The van der Waals surface area contributed by atoms with Crippen molar-refractivity contribution in [2.75, 3.05) is 0 Å². The molecule has 2 rings (SSSR count). The average molecular weight is 221 g/mol. The average Bonchev–Trinajstić information content (AvgIpc) is 2.93. The number of nitrogens with two attached hydrogens (primary N) is 1. The van der Waals surface area contributed by atoms with Gasteiger partial charge in [-0.1, -0.05) is 29.8 Å². The fourth-order valence-electron chi connectivity index (χ4n) is 2.25. The summed E-state index contributed by atoms with van der Waals surface area (Å²) < 4.78 is 13.7. The zero-order chi connectivity index (χ0) is 11.8. The maximum atomic E-state index is 13.7. The first-order valence-corrected chi connectivity index (χ1v) is 6.00. The number of alkyl halides is 1. The predicted molar refractivity (Wildman–Crippen MR) is 65.3 cm³/mol. The largest absolute Gasteiger partial charge is 0.325 e. The maximum absolute atomic E-state index is 13.7. The normalized spacial score (nSPS) is 21.5. The Morgan fingerprint density at radius 3 is 2.62 bits per heavy atom. The van der Waals surface area contributed by atoms with Crippen LogP contribution in [0.2, 0.25) is 0 Å². The van der Waals surface area contributed by atoms with Gasteiger partial charge in [0.25, 0.3) is 0 Å². The second-order valence-electron chi connectivity index (χ2n) is 5.26. The minimum absolute atomic E-state index is 0.0487. The lowest BCUT2D eigenvalue weighted by atomic mass is 9.87. The molecule has 0 aliphatic heterocycles. The first kappa shape index (κ1) is 11.6. The lowest BCUT2D eigenvalue weighted by Crippen LogP contribution is -2.27. The first-order chi connectivity index (χ1) is 7.50. The molecule has 1 saturated carbocycles. The molecule has 1 aromatic rings. The van der Waals surface area contributed by atoms with Gasteiger partial charge in [-0.2, -0.15) is 0 Å².